The molecule has 0 saturated carbocycles. The van der Waals surface area contributed by atoms with Crippen molar-refractivity contribution in [1.82, 2.24) is 0 Å². The minimum Gasteiger partial charge on any atom is -0.508 e. The molecule has 0 fully saturated rings. The minimum absolute atomic E-state index is 0.258. The standard InChI is InChI=1S/C16H14O2/c17-15-9-3-7-13(11-15)5-1-2-6-14-8-4-10-16(18)12-14/h1-12,17-18H. The highest BCUT2D eigenvalue weighted by atomic mass is 16.3. The smallest absolute Gasteiger partial charge is 0.116 e. The van der Waals surface area contributed by atoms with Crippen molar-refractivity contribution in [1.29, 1.82) is 0 Å². The van der Waals surface area contributed by atoms with Crippen LogP contribution in [0.3, 0.4) is 0 Å². The van der Waals surface area contributed by atoms with E-state index in [1.807, 2.05) is 36.4 Å². The van der Waals surface area contributed by atoms with Gasteiger partial charge in [0.15, 0.2) is 0 Å². The zero-order chi connectivity index (χ0) is 12.8. The highest BCUT2D eigenvalue weighted by molar-refractivity contribution is 5.58. The molecule has 0 unspecified atom stereocenters. The summed E-state index contributed by atoms with van der Waals surface area (Å²) in [6.45, 7) is 0. The maximum Gasteiger partial charge on any atom is 0.116 e. The fraction of sp³-hybridized carbons (Fsp3) is 0. The fourth-order valence-electron chi connectivity index (χ4n) is 1.59. The number of benzene rings is 2. The maximum atomic E-state index is 9.30. The first-order valence-corrected chi connectivity index (χ1v) is 5.67. The van der Waals surface area contributed by atoms with Crippen LogP contribution in [0.4, 0.5) is 0 Å². The molecule has 0 aliphatic heterocycles. The van der Waals surface area contributed by atoms with E-state index >= 15 is 0 Å². The summed E-state index contributed by atoms with van der Waals surface area (Å²) in [5.41, 5.74) is 1.88. The van der Waals surface area contributed by atoms with Crippen molar-refractivity contribution in [2.75, 3.05) is 0 Å². The molecule has 0 spiro atoms. The molecule has 2 aromatic rings. The van der Waals surface area contributed by atoms with Crippen LogP contribution in [0.15, 0.2) is 60.7 Å². The van der Waals surface area contributed by atoms with E-state index in [1.54, 1.807) is 36.4 Å². The van der Waals surface area contributed by atoms with Gasteiger partial charge in [-0.2, -0.15) is 0 Å². The van der Waals surface area contributed by atoms with Crippen LogP contribution < -0.4 is 0 Å². The van der Waals surface area contributed by atoms with Gasteiger partial charge in [-0.25, -0.2) is 0 Å². The predicted molar refractivity (Wildman–Crippen MR) is 74.3 cm³/mol. The van der Waals surface area contributed by atoms with Crippen molar-refractivity contribution in [3.63, 3.8) is 0 Å². The molecule has 0 saturated heterocycles. The number of hydrogen-bond acceptors (Lipinski definition) is 2. The van der Waals surface area contributed by atoms with E-state index in [0.29, 0.717) is 0 Å². The van der Waals surface area contributed by atoms with Crippen LogP contribution in [0.1, 0.15) is 11.1 Å². The largest absolute Gasteiger partial charge is 0.508 e. The zero-order valence-electron chi connectivity index (χ0n) is 9.82. The number of allylic oxidation sites excluding steroid dienone is 2. The number of phenolic OH excluding ortho intramolecular Hbond substituents is 2. The van der Waals surface area contributed by atoms with Crippen molar-refractivity contribution in [2.45, 2.75) is 0 Å². The van der Waals surface area contributed by atoms with Crippen molar-refractivity contribution in [3.8, 4) is 11.5 Å². The Hall–Kier alpha value is -2.48. The maximum absolute atomic E-state index is 9.30. The molecule has 2 heteroatoms. The Morgan fingerprint density at radius 1 is 0.667 bits per heavy atom. The Balaban J connectivity index is 2.03. The highest BCUT2D eigenvalue weighted by Gasteiger charge is 1.89. The lowest BCUT2D eigenvalue weighted by Crippen LogP contribution is -1.71. The van der Waals surface area contributed by atoms with E-state index in [9.17, 15) is 10.2 Å². The van der Waals surface area contributed by atoms with Crippen LogP contribution in [0, 0.1) is 0 Å². The fourth-order valence-corrected chi connectivity index (χ4v) is 1.59. The van der Waals surface area contributed by atoms with Gasteiger partial charge in [-0.05, 0) is 35.4 Å². The van der Waals surface area contributed by atoms with Gasteiger partial charge in [0, 0.05) is 0 Å². The second-order valence-electron chi connectivity index (χ2n) is 3.91. The third-order valence-electron chi connectivity index (χ3n) is 2.43. The molecule has 0 aliphatic carbocycles. The molecular weight excluding hydrogens is 224 g/mol. The Labute approximate surface area is 106 Å². The number of phenols is 2. The van der Waals surface area contributed by atoms with Gasteiger partial charge >= 0.3 is 0 Å². The molecule has 0 aliphatic rings. The lowest BCUT2D eigenvalue weighted by atomic mass is 10.1. The van der Waals surface area contributed by atoms with Gasteiger partial charge in [0.1, 0.15) is 11.5 Å². The first-order chi connectivity index (χ1) is 8.74. The van der Waals surface area contributed by atoms with E-state index in [2.05, 4.69) is 0 Å². The summed E-state index contributed by atoms with van der Waals surface area (Å²) >= 11 is 0. The number of hydrogen-bond donors (Lipinski definition) is 2. The second kappa shape index (κ2) is 5.73. The average molecular weight is 238 g/mol. The van der Waals surface area contributed by atoms with E-state index in [0.717, 1.165) is 11.1 Å². The molecule has 2 N–H and O–H groups in total. The number of aromatic hydroxyl groups is 2. The first-order valence-electron chi connectivity index (χ1n) is 5.67. The molecule has 0 heterocycles. The van der Waals surface area contributed by atoms with E-state index in [1.165, 1.54) is 0 Å². The SMILES string of the molecule is Oc1cccc(C=CC=Cc2cccc(O)c2)c1. The van der Waals surface area contributed by atoms with E-state index < -0.39 is 0 Å². The van der Waals surface area contributed by atoms with Crippen LogP contribution in [0.2, 0.25) is 0 Å². The Bertz CT molecular complexity index is 530. The van der Waals surface area contributed by atoms with Crippen molar-refractivity contribution < 1.29 is 10.2 Å². The predicted octanol–water partition coefficient (Wildman–Crippen LogP) is 3.82. The molecule has 0 radical (unpaired) electrons. The summed E-state index contributed by atoms with van der Waals surface area (Å²) in [5.74, 6) is 0.517. The summed E-state index contributed by atoms with van der Waals surface area (Å²) in [6.07, 6.45) is 7.58. The molecule has 2 rings (SSSR count). The van der Waals surface area contributed by atoms with E-state index in [-0.39, 0.29) is 11.5 Å². The molecule has 2 nitrogen and oxygen atoms in total. The second-order valence-corrected chi connectivity index (χ2v) is 3.91. The van der Waals surface area contributed by atoms with Crippen LogP contribution in [-0.4, -0.2) is 10.2 Å². The quantitative estimate of drug-likeness (QED) is 0.798. The lowest BCUT2D eigenvalue weighted by Gasteiger charge is -1.94. The normalized spacial score (nSPS) is 11.3. The Kier molecular flexibility index (Phi) is 3.82. The summed E-state index contributed by atoms with van der Waals surface area (Å²) in [7, 11) is 0. The van der Waals surface area contributed by atoms with Crippen molar-refractivity contribution in [3.05, 3.63) is 71.8 Å². The van der Waals surface area contributed by atoms with E-state index in [4.69, 9.17) is 0 Å². The molecule has 0 amide bonds. The Morgan fingerprint density at radius 2 is 1.11 bits per heavy atom. The topological polar surface area (TPSA) is 40.5 Å². The third kappa shape index (κ3) is 3.52. The molecule has 0 bridgehead atoms. The van der Waals surface area contributed by atoms with Gasteiger partial charge in [-0.15, -0.1) is 0 Å². The molecular formula is C16H14O2. The molecule has 90 valence electrons. The third-order valence-corrected chi connectivity index (χ3v) is 2.43. The highest BCUT2D eigenvalue weighted by Crippen LogP contribution is 2.13. The molecule has 2 aromatic carbocycles. The molecule has 0 aromatic heterocycles. The summed E-state index contributed by atoms with van der Waals surface area (Å²) in [6, 6.07) is 14.1. The van der Waals surface area contributed by atoms with Gasteiger partial charge < -0.3 is 10.2 Å². The monoisotopic (exact) mass is 238 g/mol. The number of rotatable bonds is 3. The van der Waals surface area contributed by atoms with Crippen LogP contribution >= 0.6 is 0 Å². The summed E-state index contributed by atoms with van der Waals surface area (Å²) in [5, 5.41) is 18.6. The molecule has 0 atom stereocenters. The zero-order valence-corrected chi connectivity index (χ0v) is 9.82. The summed E-state index contributed by atoms with van der Waals surface area (Å²) in [4.78, 5) is 0. The van der Waals surface area contributed by atoms with Crippen molar-refractivity contribution in [2.24, 2.45) is 0 Å². The van der Waals surface area contributed by atoms with Crippen LogP contribution in [-0.2, 0) is 0 Å². The van der Waals surface area contributed by atoms with Gasteiger partial charge in [-0.3, -0.25) is 0 Å². The summed E-state index contributed by atoms with van der Waals surface area (Å²) < 4.78 is 0. The average Bonchev–Trinajstić information content (AvgIpc) is 2.35. The van der Waals surface area contributed by atoms with Crippen LogP contribution in [0.5, 0.6) is 11.5 Å². The van der Waals surface area contributed by atoms with Crippen molar-refractivity contribution >= 4 is 12.2 Å². The van der Waals surface area contributed by atoms with Gasteiger partial charge in [0.2, 0.25) is 0 Å². The van der Waals surface area contributed by atoms with Gasteiger partial charge in [0.25, 0.3) is 0 Å². The van der Waals surface area contributed by atoms with Crippen LogP contribution in [0.25, 0.3) is 12.2 Å². The van der Waals surface area contributed by atoms with Gasteiger partial charge in [0.05, 0.1) is 0 Å². The lowest BCUT2D eigenvalue weighted by molar-refractivity contribution is 0.474. The van der Waals surface area contributed by atoms with Gasteiger partial charge in [-0.1, -0.05) is 48.6 Å². The molecule has 18 heavy (non-hydrogen) atoms. The first kappa shape index (κ1) is 12.0. The Morgan fingerprint density at radius 3 is 1.50 bits per heavy atom. The minimum atomic E-state index is 0.258.